The maximum atomic E-state index is 13.2. The first-order valence-electron chi connectivity index (χ1n) is 12.9. The molecule has 7 nitrogen and oxygen atoms in total. The van der Waals surface area contributed by atoms with Crippen LogP contribution in [0.2, 0.25) is 0 Å². The second kappa shape index (κ2) is 10.5. The van der Waals surface area contributed by atoms with Crippen molar-refractivity contribution in [2.75, 3.05) is 45.9 Å². The molecular weight excluding hydrogens is 440 g/mol. The Balaban J connectivity index is 1.17. The quantitative estimate of drug-likeness (QED) is 0.665. The standard InChI is InChI=1S/C28H36N4O3/c1-19-8-11-29-20(2)26(19)28(34)32-16-23-14-31(15-24(23)17-32)12-9-25(21-6-4-3-5-7-21)30-27(33)22-10-13-35-18-22/h3-8,11,22-25H,9-10,12-18H2,1-2H3,(H,30,33)/t22?,23-,24?,25+/m0/s1. The molecule has 4 atom stereocenters. The van der Waals surface area contributed by atoms with Crippen molar-refractivity contribution >= 4 is 11.8 Å². The Hall–Kier alpha value is -2.77. The topological polar surface area (TPSA) is 74.8 Å². The Morgan fingerprint density at radius 3 is 2.49 bits per heavy atom. The van der Waals surface area contributed by atoms with E-state index in [1.165, 1.54) is 0 Å². The number of fused-ring (bicyclic) bond motifs is 1. The van der Waals surface area contributed by atoms with Gasteiger partial charge < -0.3 is 19.9 Å². The van der Waals surface area contributed by atoms with Gasteiger partial charge in [-0.15, -0.1) is 0 Å². The van der Waals surface area contributed by atoms with Crippen LogP contribution in [0.5, 0.6) is 0 Å². The maximum absolute atomic E-state index is 13.2. The van der Waals surface area contributed by atoms with Crippen molar-refractivity contribution in [2.24, 2.45) is 17.8 Å². The van der Waals surface area contributed by atoms with Crippen molar-refractivity contribution in [1.29, 1.82) is 0 Å². The zero-order valence-corrected chi connectivity index (χ0v) is 20.8. The van der Waals surface area contributed by atoms with Crippen molar-refractivity contribution in [3.8, 4) is 0 Å². The summed E-state index contributed by atoms with van der Waals surface area (Å²) in [6.07, 6.45) is 3.44. The molecule has 35 heavy (non-hydrogen) atoms. The van der Waals surface area contributed by atoms with Crippen molar-refractivity contribution < 1.29 is 14.3 Å². The summed E-state index contributed by atoms with van der Waals surface area (Å²) in [7, 11) is 0. The zero-order valence-electron chi connectivity index (χ0n) is 20.8. The molecule has 1 N–H and O–H groups in total. The summed E-state index contributed by atoms with van der Waals surface area (Å²) in [4.78, 5) is 34.9. The molecule has 0 radical (unpaired) electrons. The number of likely N-dealkylation sites (tertiary alicyclic amines) is 2. The van der Waals surface area contributed by atoms with Gasteiger partial charge >= 0.3 is 0 Å². The lowest BCUT2D eigenvalue weighted by molar-refractivity contribution is -0.125. The van der Waals surface area contributed by atoms with Crippen LogP contribution in [0.3, 0.4) is 0 Å². The van der Waals surface area contributed by atoms with Crippen LogP contribution in [0.4, 0.5) is 0 Å². The summed E-state index contributed by atoms with van der Waals surface area (Å²) >= 11 is 0. The van der Waals surface area contributed by atoms with E-state index in [2.05, 4.69) is 27.3 Å². The van der Waals surface area contributed by atoms with E-state index in [9.17, 15) is 9.59 Å². The Morgan fingerprint density at radius 2 is 1.83 bits per heavy atom. The first-order valence-corrected chi connectivity index (χ1v) is 12.9. The van der Waals surface area contributed by atoms with Crippen molar-refractivity contribution in [3.63, 3.8) is 0 Å². The number of ether oxygens (including phenoxy) is 1. The van der Waals surface area contributed by atoms with E-state index >= 15 is 0 Å². The number of hydrogen-bond acceptors (Lipinski definition) is 5. The van der Waals surface area contributed by atoms with Crippen LogP contribution in [0.1, 0.15) is 46.1 Å². The third-order valence-electron chi connectivity index (χ3n) is 7.96. The minimum Gasteiger partial charge on any atom is -0.381 e. The van der Waals surface area contributed by atoms with Gasteiger partial charge in [0.15, 0.2) is 0 Å². The van der Waals surface area contributed by atoms with Gasteiger partial charge in [-0.1, -0.05) is 30.3 Å². The van der Waals surface area contributed by atoms with Gasteiger partial charge in [-0.3, -0.25) is 14.6 Å². The van der Waals surface area contributed by atoms with Gasteiger partial charge in [0.25, 0.3) is 5.91 Å². The van der Waals surface area contributed by atoms with E-state index in [1.807, 2.05) is 43.0 Å². The summed E-state index contributed by atoms with van der Waals surface area (Å²) in [5.41, 5.74) is 3.72. The minimum atomic E-state index is -0.0389. The summed E-state index contributed by atoms with van der Waals surface area (Å²) in [6, 6.07) is 12.2. The number of benzene rings is 1. The SMILES string of the molecule is Cc1ccnc(C)c1C(=O)N1CC2CN(CC[C@@H](NC(=O)C3CCOC3)c3ccccc3)C[C@H]2C1. The highest BCUT2D eigenvalue weighted by Gasteiger charge is 2.42. The Labute approximate surface area is 207 Å². The van der Waals surface area contributed by atoms with Crippen LogP contribution in [-0.4, -0.2) is 72.5 Å². The van der Waals surface area contributed by atoms with E-state index in [-0.39, 0.29) is 23.8 Å². The van der Waals surface area contributed by atoms with Crippen LogP contribution >= 0.6 is 0 Å². The molecule has 0 bridgehead atoms. The number of pyridine rings is 1. The molecule has 4 heterocycles. The molecule has 0 spiro atoms. The van der Waals surface area contributed by atoms with Gasteiger partial charge in [0.05, 0.1) is 29.8 Å². The number of nitrogens with zero attached hydrogens (tertiary/aromatic N) is 3. The first kappa shape index (κ1) is 23.9. The molecule has 0 saturated carbocycles. The second-order valence-electron chi connectivity index (χ2n) is 10.4. The number of amides is 2. The highest BCUT2D eigenvalue weighted by Crippen LogP contribution is 2.33. The van der Waals surface area contributed by atoms with E-state index in [1.54, 1.807) is 6.20 Å². The summed E-state index contributed by atoms with van der Waals surface area (Å²) in [6.45, 7) is 9.67. The molecule has 2 aromatic rings. The third-order valence-corrected chi connectivity index (χ3v) is 7.96. The molecule has 186 valence electrons. The molecule has 3 aliphatic rings. The molecule has 3 saturated heterocycles. The predicted octanol–water partition coefficient (Wildman–Crippen LogP) is 2.99. The number of hydrogen-bond donors (Lipinski definition) is 1. The van der Waals surface area contributed by atoms with Gasteiger partial charge in [0, 0.05) is 45.5 Å². The molecule has 7 heteroatoms. The predicted molar refractivity (Wildman–Crippen MR) is 134 cm³/mol. The smallest absolute Gasteiger partial charge is 0.255 e. The monoisotopic (exact) mass is 476 g/mol. The molecule has 3 aliphatic heterocycles. The fraction of sp³-hybridized carbons (Fsp3) is 0.536. The van der Waals surface area contributed by atoms with Crippen LogP contribution in [0, 0.1) is 31.6 Å². The lowest BCUT2D eigenvalue weighted by Crippen LogP contribution is -2.37. The van der Waals surface area contributed by atoms with Crippen molar-refractivity contribution in [1.82, 2.24) is 20.1 Å². The van der Waals surface area contributed by atoms with Gasteiger partial charge in [0.1, 0.15) is 0 Å². The Bertz CT molecular complexity index is 1020. The van der Waals surface area contributed by atoms with E-state index in [4.69, 9.17) is 4.74 Å². The van der Waals surface area contributed by atoms with E-state index in [0.717, 1.165) is 67.9 Å². The van der Waals surface area contributed by atoms with E-state index in [0.29, 0.717) is 25.0 Å². The molecule has 2 amide bonds. The second-order valence-corrected chi connectivity index (χ2v) is 10.4. The third kappa shape index (κ3) is 5.26. The number of carbonyl (C=O) groups excluding carboxylic acids is 2. The summed E-state index contributed by atoms with van der Waals surface area (Å²) < 4.78 is 5.42. The van der Waals surface area contributed by atoms with Crippen LogP contribution in [-0.2, 0) is 9.53 Å². The van der Waals surface area contributed by atoms with Crippen LogP contribution in [0.15, 0.2) is 42.6 Å². The largest absolute Gasteiger partial charge is 0.381 e. The van der Waals surface area contributed by atoms with Gasteiger partial charge in [-0.25, -0.2) is 0 Å². The van der Waals surface area contributed by atoms with Gasteiger partial charge in [-0.2, -0.15) is 0 Å². The Kier molecular flexibility index (Phi) is 7.16. The molecule has 1 aromatic carbocycles. The molecule has 2 unspecified atom stereocenters. The fourth-order valence-electron chi connectivity index (χ4n) is 5.96. The van der Waals surface area contributed by atoms with Crippen LogP contribution < -0.4 is 5.32 Å². The highest BCUT2D eigenvalue weighted by molar-refractivity contribution is 5.96. The summed E-state index contributed by atoms with van der Waals surface area (Å²) in [5, 5.41) is 3.30. The average Bonchev–Trinajstić information content (AvgIpc) is 3.59. The van der Waals surface area contributed by atoms with Crippen molar-refractivity contribution in [2.45, 2.75) is 32.7 Å². The fourth-order valence-corrected chi connectivity index (χ4v) is 5.96. The van der Waals surface area contributed by atoms with Gasteiger partial charge in [-0.05, 0) is 55.7 Å². The normalized spacial score (nSPS) is 25.0. The molecule has 1 aromatic heterocycles. The molecular formula is C28H36N4O3. The maximum Gasteiger partial charge on any atom is 0.255 e. The molecule has 3 fully saturated rings. The lowest BCUT2D eigenvalue weighted by Gasteiger charge is -2.26. The average molecular weight is 477 g/mol. The zero-order chi connectivity index (χ0) is 24.4. The van der Waals surface area contributed by atoms with Gasteiger partial charge in [0.2, 0.25) is 5.91 Å². The van der Waals surface area contributed by atoms with Crippen LogP contribution in [0.25, 0.3) is 0 Å². The number of rotatable bonds is 7. The number of aromatic nitrogens is 1. The van der Waals surface area contributed by atoms with E-state index < -0.39 is 0 Å². The highest BCUT2D eigenvalue weighted by atomic mass is 16.5. The molecule has 5 rings (SSSR count). The first-order chi connectivity index (χ1) is 17.0. The lowest BCUT2D eigenvalue weighted by atomic mass is 10.0. The minimum absolute atomic E-state index is 0.000604. The number of carbonyl (C=O) groups is 2. The molecule has 0 aliphatic carbocycles. The Morgan fingerprint density at radius 1 is 1.09 bits per heavy atom. The number of aryl methyl sites for hydroxylation is 2. The van der Waals surface area contributed by atoms with Crippen molar-refractivity contribution in [3.05, 3.63) is 65.0 Å². The number of nitrogens with one attached hydrogen (secondary N) is 1. The summed E-state index contributed by atoms with van der Waals surface area (Å²) in [5.74, 6) is 1.21.